The SMILES string of the molecule is CC(C)c1ccc2cc(CC(C)c3nncnn3)ccc2n1. The zero-order chi connectivity index (χ0) is 15.5. The Bertz CT molecular complexity index is 770. The first kappa shape index (κ1) is 14.5. The van der Waals surface area contributed by atoms with Crippen molar-refractivity contribution >= 4 is 10.9 Å². The van der Waals surface area contributed by atoms with E-state index in [1.54, 1.807) is 0 Å². The van der Waals surface area contributed by atoms with Crippen LogP contribution in [0.4, 0.5) is 0 Å². The zero-order valence-electron chi connectivity index (χ0n) is 13.1. The highest BCUT2D eigenvalue weighted by Gasteiger charge is 2.11. The first-order valence-electron chi connectivity index (χ1n) is 7.53. The molecule has 0 aliphatic carbocycles. The van der Waals surface area contributed by atoms with Crippen molar-refractivity contribution < 1.29 is 0 Å². The van der Waals surface area contributed by atoms with Gasteiger partial charge < -0.3 is 0 Å². The van der Waals surface area contributed by atoms with Gasteiger partial charge in [-0.3, -0.25) is 4.98 Å². The highest BCUT2D eigenvalue weighted by molar-refractivity contribution is 5.79. The van der Waals surface area contributed by atoms with E-state index in [1.165, 1.54) is 17.3 Å². The van der Waals surface area contributed by atoms with E-state index < -0.39 is 0 Å². The second-order valence-electron chi connectivity index (χ2n) is 5.93. The molecule has 0 N–H and O–H groups in total. The van der Waals surface area contributed by atoms with Crippen LogP contribution in [0, 0.1) is 0 Å². The van der Waals surface area contributed by atoms with Crippen LogP contribution in [0.5, 0.6) is 0 Å². The number of nitrogens with zero attached hydrogens (tertiary/aromatic N) is 5. The Kier molecular flexibility index (Phi) is 4.04. The highest BCUT2D eigenvalue weighted by Crippen LogP contribution is 2.22. The lowest BCUT2D eigenvalue weighted by Crippen LogP contribution is -2.06. The Labute approximate surface area is 129 Å². The molecule has 0 saturated carbocycles. The smallest absolute Gasteiger partial charge is 0.176 e. The summed E-state index contributed by atoms with van der Waals surface area (Å²) in [7, 11) is 0. The van der Waals surface area contributed by atoms with Crippen molar-refractivity contribution in [2.75, 3.05) is 0 Å². The zero-order valence-corrected chi connectivity index (χ0v) is 13.1. The maximum Gasteiger partial charge on any atom is 0.176 e. The summed E-state index contributed by atoms with van der Waals surface area (Å²) in [6.07, 6.45) is 2.21. The predicted octanol–water partition coefficient (Wildman–Crippen LogP) is 3.28. The molecule has 0 bridgehead atoms. The second-order valence-corrected chi connectivity index (χ2v) is 5.93. The minimum atomic E-state index is 0.182. The quantitative estimate of drug-likeness (QED) is 0.738. The molecule has 1 unspecified atom stereocenters. The maximum atomic E-state index is 4.71. The summed E-state index contributed by atoms with van der Waals surface area (Å²) in [5.41, 5.74) is 3.41. The van der Waals surface area contributed by atoms with Crippen LogP contribution in [0.25, 0.3) is 10.9 Å². The van der Waals surface area contributed by atoms with Gasteiger partial charge in [-0.2, -0.15) is 0 Å². The largest absolute Gasteiger partial charge is 0.253 e. The summed E-state index contributed by atoms with van der Waals surface area (Å²) in [4.78, 5) is 4.71. The van der Waals surface area contributed by atoms with Crippen molar-refractivity contribution in [3.8, 4) is 0 Å². The third-order valence-corrected chi connectivity index (χ3v) is 3.77. The minimum Gasteiger partial charge on any atom is -0.253 e. The Balaban J connectivity index is 1.85. The number of rotatable bonds is 4. The number of aromatic nitrogens is 5. The summed E-state index contributed by atoms with van der Waals surface area (Å²) in [5.74, 6) is 1.30. The van der Waals surface area contributed by atoms with Crippen LogP contribution in [-0.2, 0) is 6.42 Å². The molecule has 0 aliphatic heterocycles. The van der Waals surface area contributed by atoms with Gasteiger partial charge in [0.05, 0.1) is 5.52 Å². The predicted molar refractivity (Wildman–Crippen MR) is 85.6 cm³/mol. The van der Waals surface area contributed by atoms with E-state index in [-0.39, 0.29) is 5.92 Å². The maximum absolute atomic E-state index is 4.71. The highest BCUT2D eigenvalue weighted by atomic mass is 15.3. The van der Waals surface area contributed by atoms with Gasteiger partial charge >= 0.3 is 0 Å². The van der Waals surface area contributed by atoms with Crippen LogP contribution >= 0.6 is 0 Å². The summed E-state index contributed by atoms with van der Waals surface area (Å²) < 4.78 is 0. The Morgan fingerprint density at radius 1 is 0.955 bits per heavy atom. The van der Waals surface area contributed by atoms with Crippen molar-refractivity contribution in [1.82, 2.24) is 25.4 Å². The summed E-state index contributed by atoms with van der Waals surface area (Å²) in [5, 5.41) is 16.8. The van der Waals surface area contributed by atoms with Gasteiger partial charge in [0, 0.05) is 17.0 Å². The first-order valence-corrected chi connectivity index (χ1v) is 7.53. The van der Waals surface area contributed by atoms with Crippen LogP contribution in [0.1, 0.15) is 49.7 Å². The van der Waals surface area contributed by atoms with E-state index in [2.05, 4.69) is 71.5 Å². The molecule has 2 heterocycles. The molecule has 3 aromatic rings. The summed E-state index contributed by atoms with van der Waals surface area (Å²) >= 11 is 0. The molecule has 0 fully saturated rings. The summed E-state index contributed by atoms with van der Waals surface area (Å²) in [6, 6.07) is 10.7. The van der Waals surface area contributed by atoms with E-state index in [0.29, 0.717) is 11.7 Å². The number of benzene rings is 1. The van der Waals surface area contributed by atoms with E-state index >= 15 is 0 Å². The molecule has 112 valence electrons. The molecule has 2 aromatic heterocycles. The standard InChI is InChI=1S/C17H19N5/c1-11(2)15-7-5-14-9-13(4-6-16(14)20-15)8-12(3)17-21-18-10-19-22-17/h4-7,9-12H,8H2,1-3H3. The normalized spacial score (nSPS) is 12.7. The topological polar surface area (TPSA) is 64.5 Å². The van der Waals surface area contributed by atoms with Gasteiger partial charge in [0.2, 0.25) is 0 Å². The fraction of sp³-hybridized carbons (Fsp3) is 0.353. The molecule has 5 heteroatoms. The Morgan fingerprint density at radius 2 is 1.73 bits per heavy atom. The molecule has 0 amide bonds. The minimum absolute atomic E-state index is 0.182. The van der Waals surface area contributed by atoms with Crippen molar-refractivity contribution in [2.45, 2.75) is 39.0 Å². The molecule has 0 aliphatic rings. The molecule has 1 aromatic carbocycles. The van der Waals surface area contributed by atoms with Gasteiger partial charge in [0.25, 0.3) is 0 Å². The number of fused-ring (bicyclic) bond motifs is 1. The Morgan fingerprint density at radius 3 is 2.45 bits per heavy atom. The molecule has 3 rings (SSSR count). The monoisotopic (exact) mass is 293 g/mol. The number of pyridine rings is 1. The fourth-order valence-electron chi connectivity index (χ4n) is 2.49. The second kappa shape index (κ2) is 6.13. The van der Waals surface area contributed by atoms with Crippen LogP contribution in [0.2, 0.25) is 0 Å². The van der Waals surface area contributed by atoms with Crippen LogP contribution in [0.3, 0.4) is 0 Å². The molecule has 0 radical (unpaired) electrons. The third-order valence-electron chi connectivity index (χ3n) is 3.77. The van der Waals surface area contributed by atoms with E-state index in [9.17, 15) is 0 Å². The van der Waals surface area contributed by atoms with E-state index in [4.69, 9.17) is 4.98 Å². The lowest BCUT2D eigenvalue weighted by molar-refractivity contribution is 0.644. The lowest BCUT2D eigenvalue weighted by Gasteiger charge is -2.10. The molecular formula is C17H19N5. The average molecular weight is 293 g/mol. The van der Waals surface area contributed by atoms with Gasteiger partial charge in [-0.1, -0.05) is 32.9 Å². The van der Waals surface area contributed by atoms with Gasteiger partial charge in [-0.05, 0) is 36.1 Å². The van der Waals surface area contributed by atoms with Crippen LogP contribution < -0.4 is 0 Å². The molecular weight excluding hydrogens is 274 g/mol. The van der Waals surface area contributed by atoms with Crippen molar-refractivity contribution in [3.63, 3.8) is 0 Å². The number of hydrogen-bond acceptors (Lipinski definition) is 5. The van der Waals surface area contributed by atoms with Crippen molar-refractivity contribution in [3.05, 3.63) is 53.7 Å². The molecule has 0 spiro atoms. The van der Waals surface area contributed by atoms with Crippen molar-refractivity contribution in [2.24, 2.45) is 0 Å². The molecule has 22 heavy (non-hydrogen) atoms. The van der Waals surface area contributed by atoms with Crippen LogP contribution in [-0.4, -0.2) is 25.4 Å². The Hall–Kier alpha value is -2.43. The molecule has 0 saturated heterocycles. The molecule has 1 atom stereocenters. The third kappa shape index (κ3) is 3.08. The van der Waals surface area contributed by atoms with Gasteiger partial charge in [-0.15, -0.1) is 20.4 Å². The number of hydrogen-bond donors (Lipinski definition) is 0. The van der Waals surface area contributed by atoms with Gasteiger partial charge in [0.1, 0.15) is 0 Å². The molecule has 5 nitrogen and oxygen atoms in total. The van der Waals surface area contributed by atoms with Crippen LogP contribution in [0.15, 0.2) is 36.7 Å². The first-order chi connectivity index (χ1) is 10.6. The van der Waals surface area contributed by atoms with Gasteiger partial charge in [0.15, 0.2) is 12.2 Å². The van der Waals surface area contributed by atoms with E-state index in [1.807, 2.05) is 0 Å². The van der Waals surface area contributed by atoms with Crippen molar-refractivity contribution in [1.29, 1.82) is 0 Å². The summed E-state index contributed by atoms with van der Waals surface area (Å²) in [6.45, 7) is 6.40. The fourth-order valence-corrected chi connectivity index (χ4v) is 2.49. The van der Waals surface area contributed by atoms with E-state index in [0.717, 1.165) is 17.6 Å². The average Bonchev–Trinajstić information content (AvgIpc) is 2.55. The lowest BCUT2D eigenvalue weighted by atomic mass is 9.98. The van der Waals surface area contributed by atoms with Gasteiger partial charge in [-0.25, -0.2) is 0 Å².